The first kappa shape index (κ1) is 16.8. The Balaban J connectivity index is 2.94. The average Bonchev–Trinajstić information content (AvgIpc) is 2.44. The van der Waals surface area contributed by atoms with Crippen LogP contribution >= 0.6 is 0 Å². The van der Waals surface area contributed by atoms with Gasteiger partial charge in [-0.15, -0.1) is 0 Å². The molecule has 114 valence electrons. The predicted molar refractivity (Wildman–Crippen MR) is 71.9 cm³/mol. The lowest BCUT2D eigenvalue weighted by Crippen LogP contribution is -2.34. The zero-order valence-electron chi connectivity index (χ0n) is 11.9. The van der Waals surface area contributed by atoms with Crippen LogP contribution in [-0.4, -0.2) is 30.9 Å². The molecule has 0 aliphatic carbocycles. The van der Waals surface area contributed by atoms with Crippen molar-refractivity contribution in [3.63, 3.8) is 0 Å². The maximum atomic E-state index is 13.2. The number of carbonyl (C=O) groups excluding carboxylic acids is 3. The minimum absolute atomic E-state index is 0.0279. The average molecular weight is 296 g/mol. The van der Waals surface area contributed by atoms with E-state index >= 15 is 0 Å². The number of hydrogen-bond donors (Lipinski definition) is 0. The molecule has 6 heteroatoms. The fourth-order valence-electron chi connectivity index (χ4n) is 1.77. The highest BCUT2D eigenvalue weighted by atomic mass is 19.1. The lowest BCUT2D eigenvalue weighted by Gasteiger charge is -2.13. The van der Waals surface area contributed by atoms with Crippen LogP contribution in [0.5, 0.6) is 0 Å². The molecule has 0 aromatic heterocycles. The molecular weight excluding hydrogens is 279 g/mol. The molecule has 1 aromatic rings. The molecule has 1 atom stereocenters. The van der Waals surface area contributed by atoms with Crippen molar-refractivity contribution in [1.29, 1.82) is 0 Å². The molecular formula is C15H17FO5. The number of carbonyl (C=O) groups is 3. The van der Waals surface area contributed by atoms with Crippen LogP contribution in [-0.2, 0) is 30.3 Å². The number of halogens is 1. The van der Waals surface area contributed by atoms with Crippen molar-refractivity contribution in [1.82, 2.24) is 0 Å². The summed E-state index contributed by atoms with van der Waals surface area (Å²) in [7, 11) is 0. The summed E-state index contributed by atoms with van der Waals surface area (Å²) in [6.45, 7) is 3.25. The Hall–Kier alpha value is -2.24. The minimum atomic E-state index is -1.33. The Morgan fingerprint density at radius 1 is 1.14 bits per heavy atom. The standard InChI is InChI=1S/C15H17FO5/c1-3-20-14(18)12(13(17)15(19)21-4-2)9-10-6-5-7-11(16)8-10/h5-8,12H,3-4,9H2,1-2H3. The van der Waals surface area contributed by atoms with E-state index in [1.165, 1.54) is 18.2 Å². The first-order valence-electron chi connectivity index (χ1n) is 6.61. The van der Waals surface area contributed by atoms with Crippen molar-refractivity contribution in [2.24, 2.45) is 5.92 Å². The molecule has 0 amide bonds. The molecule has 21 heavy (non-hydrogen) atoms. The monoisotopic (exact) mass is 296 g/mol. The van der Waals surface area contributed by atoms with Crippen LogP contribution in [0, 0.1) is 11.7 Å². The van der Waals surface area contributed by atoms with Crippen LogP contribution in [0.15, 0.2) is 24.3 Å². The van der Waals surface area contributed by atoms with Crippen LogP contribution in [0.2, 0.25) is 0 Å². The maximum Gasteiger partial charge on any atom is 0.375 e. The van der Waals surface area contributed by atoms with Crippen molar-refractivity contribution in [3.05, 3.63) is 35.6 Å². The normalized spacial score (nSPS) is 11.6. The van der Waals surface area contributed by atoms with Gasteiger partial charge in [-0.25, -0.2) is 9.18 Å². The highest BCUT2D eigenvalue weighted by molar-refractivity contribution is 6.37. The third-order valence-corrected chi connectivity index (χ3v) is 2.69. The molecule has 0 saturated heterocycles. The minimum Gasteiger partial charge on any atom is -0.465 e. The van der Waals surface area contributed by atoms with Gasteiger partial charge in [0.2, 0.25) is 0 Å². The van der Waals surface area contributed by atoms with Gasteiger partial charge in [0.15, 0.2) is 0 Å². The fourth-order valence-corrected chi connectivity index (χ4v) is 1.77. The molecule has 0 aliphatic heterocycles. The van der Waals surface area contributed by atoms with Crippen molar-refractivity contribution in [2.75, 3.05) is 13.2 Å². The van der Waals surface area contributed by atoms with E-state index in [1.807, 2.05) is 0 Å². The van der Waals surface area contributed by atoms with Gasteiger partial charge in [-0.3, -0.25) is 9.59 Å². The summed E-state index contributed by atoms with van der Waals surface area (Å²) < 4.78 is 22.6. The molecule has 5 nitrogen and oxygen atoms in total. The van der Waals surface area contributed by atoms with Gasteiger partial charge in [0.25, 0.3) is 5.78 Å². The highest BCUT2D eigenvalue weighted by Crippen LogP contribution is 2.14. The molecule has 0 saturated carbocycles. The van der Waals surface area contributed by atoms with E-state index in [9.17, 15) is 18.8 Å². The second-order valence-electron chi connectivity index (χ2n) is 4.22. The fraction of sp³-hybridized carbons (Fsp3) is 0.400. The van der Waals surface area contributed by atoms with E-state index < -0.39 is 29.5 Å². The van der Waals surface area contributed by atoms with E-state index in [0.717, 1.165) is 0 Å². The highest BCUT2D eigenvalue weighted by Gasteiger charge is 2.34. The topological polar surface area (TPSA) is 69.7 Å². The van der Waals surface area contributed by atoms with Gasteiger partial charge in [-0.05, 0) is 38.0 Å². The Kier molecular flexibility index (Phi) is 6.52. The van der Waals surface area contributed by atoms with Gasteiger partial charge >= 0.3 is 11.9 Å². The molecule has 0 fully saturated rings. The van der Waals surface area contributed by atoms with Crippen LogP contribution in [0.1, 0.15) is 19.4 Å². The smallest absolute Gasteiger partial charge is 0.375 e. The third-order valence-electron chi connectivity index (χ3n) is 2.69. The third kappa shape index (κ3) is 4.98. The number of ether oxygens (including phenoxy) is 2. The Labute approximate surface area is 122 Å². The zero-order valence-corrected chi connectivity index (χ0v) is 11.9. The molecule has 0 radical (unpaired) electrons. The largest absolute Gasteiger partial charge is 0.465 e. The van der Waals surface area contributed by atoms with Crippen molar-refractivity contribution in [2.45, 2.75) is 20.3 Å². The summed E-state index contributed by atoms with van der Waals surface area (Å²) in [5.41, 5.74) is 0.422. The molecule has 1 rings (SSSR count). The second-order valence-corrected chi connectivity index (χ2v) is 4.22. The van der Waals surface area contributed by atoms with Crippen LogP contribution < -0.4 is 0 Å². The number of Topliss-reactive ketones (excluding diaryl/α,β-unsaturated/α-hetero) is 1. The Morgan fingerprint density at radius 3 is 2.38 bits per heavy atom. The molecule has 1 aromatic carbocycles. The van der Waals surface area contributed by atoms with Gasteiger partial charge in [0.1, 0.15) is 11.7 Å². The van der Waals surface area contributed by atoms with E-state index in [4.69, 9.17) is 4.74 Å². The predicted octanol–water partition coefficient (Wildman–Crippen LogP) is 1.68. The summed E-state index contributed by atoms with van der Waals surface area (Å²) in [5.74, 6) is -4.71. The van der Waals surface area contributed by atoms with Crippen molar-refractivity contribution < 1.29 is 28.2 Å². The number of hydrogen-bond acceptors (Lipinski definition) is 5. The first-order chi connectivity index (χ1) is 9.99. The molecule has 0 N–H and O–H groups in total. The van der Waals surface area contributed by atoms with Gasteiger partial charge in [0, 0.05) is 0 Å². The SMILES string of the molecule is CCOC(=O)C(=O)C(Cc1cccc(F)c1)C(=O)OCC. The van der Waals surface area contributed by atoms with Crippen LogP contribution in [0.25, 0.3) is 0 Å². The molecule has 0 spiro atoms. The van der Waals surface area contributed by atoms with Gasteiger partial charge in [0.05, 0.1) is 13.2 Å². The van der Waals surface area contributed by atoms with Crippen molar-refractivity contribution >= 4 is 17.7 Å². The summed E-state index contributed by atoms with van der Waals surface area (Å²) >= 11 is 0. The molecule has 0 bridgehead atoms. The van der Waals surface area contributed by atoms with E-state index in [1.54, 1.807) is 19.9 Å². The number of esters is 2. The van der Waals surface area contributed by atoms with E-state index in [2.05, 4.69) is 4.74 Å². The first-order valence-corrected chi connectivity index (χ1v) is 6.61. The molecule has 0 aliphatic rings. The lowest BCUT2D eigenvalue weighted by atomic mass is 9.95. The number of ketones is 1. The van der Waals surface area contributed by atoms with Crippen molar-refractivity contribution in [3.8, 4) is 0 Å². The lowest BCUT2D eigenvalue weighted by molar-refractivity contribution is -0.162. The summed E-state index contributed by atoms with van der Waals surface area (Å²) in [5, 5.41) is 0. The van der Waals surface area contributed by atoms with Gasteiger partial charge < -0.3 is 9.47 Å². The summed E-state index contributed by atoms with van der Waals surface area (Å²) in [6, 6.07) is 5.47. The van der Waals surface area contributed by atoms with E-state index in [-0.39, 0.29) is 19.6 Å². The zero-order chi connectivity index (χ0) is 15.8. The van der Waals surface area contributed by atoms with Gasteiger partial charge in [-0.2, -0.15) is 0 Å². The molecule has 0 heterocycles. The maximum absolute atomic E-state index is 13.2. The summed E-state index contributed by atoms with van der Waals surface area (Å²) in [6.07, 6.45) is -0.117. The van der Waals surface area contributed by atoms with E-state index in [0.29, 0.717) is 5.56 Å². The quantitative estimate of drug-likeness (QED) is 0.435. The summed E-state index contributed by atoms with van der Waals surface area (Å²) in [4.78, 5) is 35.3. The van der Waals surface area contributed by atoms with Gasteiger partial charge in [-0.1, -0.05) is 12.1 Å². The molecule has 1 unspecified atom stereocenters. The number of rotatable bonds is 7. The second kappa shape index (κ2) is 8.14. The van der Waals surface area contributed by atoms with Crippen LogP contribution in [0.3, 0.4) is 0 Å². The van der Waals surface area contributed by atoms with Crippen LogP contribution in [0.4, 0.5) is 4.39 Å². The number of benzene rings is 1. The Morgan fingerprint density at radius 2 is 1.81 bits per heavy atom. The Bertz CT molecular complexity index is 527.